The van der Waals surface area contributed by atoms with Crippen LogP contribution < -0.4 is 10.1 Å². The molecule has 1 fully saturated rings. The van der Waals surface area contributed by atoms with Gasteiger partial charge in [0.2, 0.25) is 5.91 Å². The summed E-state index contributed by atoms with van der Waals surface area (Å²) in [7, 11) is 0. The van der Waals surface area contributed by atoms with E-state index in [2.05, 4.69) is 21.2 Å². The number of amides is 2. The molecule has 0 heterocycles. The van der Waals surface area contributed by atoms with E-state index in [1.165, 1.54) is 4.90 Å². The molecule has 2 amide bonds. The molecule has 0 aliphatic heterocycles. The Hall–Kier alpha value is -1.47. The van der Waals surface area contributed by atoms with Crippen LogP contribution in [-0.4, -0.2) is 35.4 Å². The highest BCUT2D eigenvalue weighted by Crippen LogP contribution is 2.29. The van der Waals surface area contributed by atoms with Crippen LogP contribution in [0.4, 0.5) is 0 Å². The SMILES string of the molecule is CC[C@H](C(=O)NC1CCCC1)N(Cc1ccc(Cl)cc1Cl)C(=O)COc1ccc(Cl)cc1Br. The highest BCUT2D eigenvalue weighted by atomic mass is 79.9. The monoisotopic (exact) mass is 574 g/mol. The van der Waals surface area contributed by atoms with Gasteiger partial charge < -0.3 is 15.0 Å². The topological polar surface area (TPSA) is 58.6 Å². The van der Waals surface area contributed by atoms with Gasteiger partial charge in [-0.05, 0) is 71.1 Å². The summed E-state index contributed by atoms with van der Waals surface area (Å²) in [5.74, 6) is 0.00693. The number of nitrogens with one attached hydrogen (secondary N) is 1. The lowest BCUT2D eigenvalue weighted by Gasteiger charge is -2.31. The minimum atomic E-state index is -0.651. The van der Waals surface area contributed by atoms with E-state index in [0.29, 0.717) is 37.3 Å². The number of nitrogens with zero attached hydrogens (tertiary/aromatic N) is 1. The summed E-state index contributed by atoms with van der Waals surface area (Å²) in [5.41, 5.74) is 0.703. The molecule has 0 spiro atoms. The first-order valence-corrected chi connectivity index (χ1v) is 12.8. The van der Waals surface area contributed by atoms with Crippen LogP contribution in [0, 0.1) is 0 Å². The molecule has 0 radical (unpaired) electrons. The molecular formula is C24H26BrCl3N2O3. The van der Waals surface area contributed by atoms with Crippen molar-refractivity contribution < 1.29 is 14.3 Å². The molecule has 1 aliphatic rings. The van der Waals surface area contributed by atoms with Crippen LogP contribution in [0.5, 0.6) is 5.75 Å². The van der Waals surface area contributed by atoms with Crippen molar-refractivity contribution in [1.29, 1.82) is 0 Å². The number of ether oxygens (including phenoxy) is 1. The Morgan fingerprint density at radius 3 is 2.42 bits per heavy atom. The molecule has 5 nitrogen and oxygen atoms in total. The zero-order chi connectivity index (χ0) is 24.0. The van der Waals surface area contributed by atoms with Gasteiger partial charge in [0.15, 0.2) is 6.61 Å². The Labute approximate surface area is 217 Å². The summed E-state index contributed by atoms with van der Waals surface area (Å²) in [6.07, 6.45) is 4.60. The van der Waals surface area contributed by atoms with Crippen LogP contribution in [0.2, 0.25) is 15.1 Å². The number of carbonyl (C=O) groups excluding carboxylic acids is 2. The van der Waals surface area contributed by atoms with E-state index in [4.69, 9.17) is 39.5 Å². The first-order chi connectivity index (χ1) is 15.8. The zero-order valence-electron chi connectivity index (χ0n) is 18.3. The molecule has 3 rings (SSSR count). The zero-order valence-corrected chi connectivity index (χ0v) is 22.1. The lowest BCUT2D eigenvalue weighted by Crippen LogP contribution is -2.52. The summed E-state index contributed by atoms with van der Waals surface area (Å²) in [4.78, 5) is 28.0. The van der Waals surface area contributed by atoms with Crippen molar-refractivity contribution >= 4 is 62.5 Å². The molecule has 2 aromatic carbocycles. The standard InChI is InChI=1S/C24H26BrCl3N2O3/c1-2-21(24(32)29-18-5-3-4-6-18)30(13-15-7-8-17(27)12-20(15)28)23(31)14-33-22-10-9-16(26)11-19(22)25/h7-12,18,21H,2-6,13-14H2,1H3,(H,29,32)/t21-/m1/s1. The Kier molecular flexibility index (Phi) is 9.74. The molecule has 9 heteroatoms. The molecule has 2 aromatic rings. The van der Waals surface area contributed by atoms with Gasteiger partial charge in [0, 0.05) is 27.7 Å². The highest BCUT2D eigenvalue weighted by Gasteiger charge is 2.31. The van der Waals surface area contributed by atoms with Crippen LogP contribution in [-0.2, 0) is 16.1 Å². The highest BCUT2D eigenvalue weighted by molar-refractivity contribution is 9.10. The van der Waals surface area contributed by atoms with E-state index in [1.54, 1.807) is 36.4 Å². The second-order valence-corrected chi connectivity index (χ2v) is 10.2. The lowest BCUT2D eigenvalue weighted by molar-refractivity contribution is -0.143. The largest absolute Gasteiger partial charge is 0.483 e. The van der Waals surface area contributed by atoms with Gasteiger partial charge in [-0.3, -0.25) is 9.59 Å². The summed E-state index contributed by atoms with van der Waals surface area (Å²) in [5, 5.41) is 4.61. The predicted octanol–water partition coefficient (Wildman–Crippen LogP) is 6.65. The number of rotatable bonds is 9. The van der Waals surface area contributed by atoms with E-state index in [-0.39, 0.29) is 31.0 Å². The smallest absolute Gasteiger partial charge is 0.261 e. The lowest BCUT2D eigenvalue weighted by atomic mass is 10.1. The number of hydrogen-bond acceptors (Lipinski definition) is 3. The number of carbonyl (C=O) groups is 2. The molecule has 1 aliphatic carbocycles. The van der Waals surface area contributed by atoms with Gasteiger partial charge in [0.05, 0.1) is 4.47 Å². The van der Waals surface area contributed by atoms with Crippen LogP contribution in [0.3, 0.4) is 0 Å². The third-order valence-electron chi connectivity index (χ3n) is 5.69. The summed E-state index contributed by atoms with van der Waals surface area (Å²) < 4.78 is 6.39. The van der Waals surface area contributed by atoms with E-state index >= 15 is 0 Å². The summed E-state index contributed by atoms with van der Waals surface area (Å²) in [6.45, 7) is 1.81. The van der Waals surface area contributed by atoms with Crippen molar-refractivity contribution in [2.24, 2.45) is 0 Å². The minimum absolute atomic E-state index is 0.156. The quantitative estimate of drug-likeness (QED) is 0.364. The van der Waals surface area contributed by atoms with E-state index < -0.39 is 6.04 Å². The molecule has 1 atom stereocenters. The molecule has 0 bridgehead atoms. The normalized spacial score (nSPS) is 14.7. The van der Waals surface area contributed by atoms with Gasteiger partial charge in [-0.25, -0.2) is 0 Å². The molecule has 0 aromatic heterocycles. The molecule has 178 valence electrons. The van der Waals surface area contributed by atoms with Crippen LogP contribution in [0.25, 0.3) is 0 Å². The second-order valence-electron chi connectivity index (χ2n) is 8.03. The van der Waals surface area contributed by atoms with E-state index in [1.807, 2.05) is 6.92 Å². The minimum Gasteiger partial charge on any atom is -0.483 e. The maximum atomic E-state index is 13.3. The van der Waals surface area contributed by atoms with Crippen molar-refractivity contribution in [3.63, 3.8) is 0 Å². The number of halogens is 4. The van der Waals surface area contributed by atoms with Crippen molar-refractivity contribution in [3.05, 3.63) is 61.5 Å². The second kappa shape index (κ2) is 12.3. The Bertz CT molecular complexity index is 999. The molecule has 0 saturated heterocycles. The molecule has 0 unspecified atom stereocenters. The van der Waals surface area contributed by atoms with Gasteiger partial charge in [0.1, 0.15) is 11.8 Å². The molecule has 1 N–H and O–H groups in total. The Balaban J connectivity index is 1.80. The van der Waals surface area contributed by atoms with E-state index in [0.717, 1.165) is 25.7 Å². The fourth-order valence-corrected chi connectivity index (χ4v) is 5.20. The molecule has 1 saturated carbocycles. The third kappa shape index (κ3) is 7.25. The number of hydrogen-bond donors (Lipinski definition) is 1. The fraction of sp³-hybridized carbons (Fsp3) is 0.417. The first kappa shape index (κ1) is 26.1. The van der Waals surface area contributed by atoms with Crippen LogP contribution in [0.1, 0.15) is 44.6 Å². The summed E-state index contributed by atoms with van der Waals surface area (Å²) in [6, 6.07) is 9.67. The average Bonchev–Trinajstić information content (AvgIpc) is 3.27. The fourth-order valence-electron chi connectivity index (χ4n) is 3.94. The van der Waals surface area contributed by atoms with Gasteiger partial charge >= 0.3 is 0 Å². The van der Waals surface area contributed by atoms with Crippen molar-refractivity contribution in [2.75, 3.05) is 6.61 Å². The van der Waals surface area contributed by atoms with Gasteiger partial charge in [-0.2, -0.15) is 0 Å². The van der Waals surface area contributed by atoms with Gasteiger partial charge in [0.25, 0.3) is 5.91 Å². The van der Waals surface area contributed by atoms with Gasteiger partial charge in [-0.15, -0.1) is 0 Å². The average molecular weight is 577 g/mol. The maximum Gasteiger partial charge on any atom is 0.261 e. The molecule has 33 heavy (non-hydrogen) atoms. The summed E-state index contributed by atoms with van der Waals surface area (Å²) >= 11 is 21.8. The first-order valence-electron chi connectivity index (χ1n) is 10.9. The Morgan fingerprint density at radius 1 is 1.12 bits per heavy atom. The van der Waals surface area contributed by atoms with E-state index in [9.17, 15) is 9.59 Å². The number of benzene rings is 2. The van der Waals surface area contributed by atoms with Crippen LogP contribution >= 0.6 is 50.7 Å². The van der Waals surface area contributed by atoms with Gasteiger partial charge in [-0.1, -0.05) is 60.6 Å². The van der Waals surface area contributed by atoms with Crippen LogP contribution in [0.15, 0.2) is 40.9 Å². The van der Waals surface area contributed by atoms with Crippen molar-refractivity contribution in [3.8, 4) is 5.75 Å². The van der Waals surface area contributed by atoms with Crippen molar-refractivity contribution in [2.45, 2.75) is 57.7 Å². The maximum absolute atomic E-state index is 13.3. The van der Waals surface area contributed by atoms with Crippen molar-refractivity contribution in [1.82, 2.24) is 10.2 Å². The third-order valence-corrected chi connectivity index (χ3v) is 7.13. The predicted molar refractivity (Wildman–Crippen MR) is 136 cm³/mol. The Morgan fingerprint density at radius 2 is 1.79 bits per heavy atom. The molecular weight excluding hydrogens is 551 g/mol.